The van der Waals surface area contributed by atoms with Gasteiger partial charge in [0.1, 0.15) is 11.9 Å². The van der Waals surface area contributed by atoms with Crippen molar-refractivity contribution in [3.05, 3.63) is 89.7 Å². The van der Waals surface area contributed by atoms with Gasteiger partial charge in [0.25, 0.3) is 0 Å². The number of ether oxygens (including phenoxy) is 1. The van der Waals surface area contributed by atoms with E-state index in [1.54, 1.807) is 17.3 Å². The standard InChI is InChI=1S/C25H22F3N3O2/c26-25(27,28)19-9-7-17(8-10-19)14-30-16-20-12-22(30)24(32)31(15-18-4-3-11-29-13-18)21-5-1-2-6-23(21)33-20/h1-11,13,20,22H,12,14-16H2. The van der Waals surface area contributed by atoms with Crippen molar-refractivity contribution in [2.24, 2.45) is 0 Å². The van der Waals surface area contributed by atoms with E-state index in [0.29, 0.717) is 37.5 Å². The highest BCUT2D eigenvalue weighted by Crippen LogP contribution is 2.37. The third-order valence-electron chi connectivity index (χ3n) is 6.10. The Labute approximate surface area is 189 Å². The number of para-hydroxylation sites is 2. The number of likely N-dealkylation sites (tertiary alicyclic amines) is 1. The number of benzene rings is 2. The Morgan fingerprint density at radius 2 is 1.76 bits per heavy atom. The predicted molar refractivity (Wildman–Crippen MR) is 117 cm³/mol. The van der Waals surface area contributed by atoms with Crippen LogP contribution in [0.3, 0.4) is 0 Å². The van der Waals surface area contributed by atoms with Crippen LogP contribution in [0, 0.1) is 0 Å². The average Bonchev–Trinajstić information content (AvgIpc) is 3.20. The molecule has 3 heterocycles. The molecule has 0 saturated carbocycles. The van der Waals surface area contributed by atoms with Crippen molar-refractivity contribution < 1.29 is 22.7 Å². The van der Waals surface area contributed by atoms with E-state index in [-0.39, 0.29) is 12.0 Å². The van der Waals surface area contributed by atoms with Crippen molar-refractivity contribution in [3.8, 4) is 5.75 Å². The van der Waals surface area contributed by atoms with Gasteiger partial charge in [0.05, 0.1) is 23.8 Å². The highest BCUT2D eigenvalue weighted by atomic mass is 19.4. The Morgan fingerprint density at radius 3 is 2.48 bits per heavy atom. The number of pyridine rings is 1. The van der Waals surface area contributed by atoms with Crippen molar-refractivity contribution in [2.45, 2.75) is 37.8 Å². The smallest absolute Gasteiger partial charge is 0.416 e. The number of fused-ring (bicyclic) bond motifs is 3. The molecule has 3 aromatic rings. The molecule has 2 unspecified atom stereocenters. The van der Waals surface area contributed by atoms with E-state index in [4.69, 9.17) is 4.74 Å². The number of rotatable bonds is 4. The first-order chi connectivity index (χ1) is 15.9. The molecule has 1 saturated heterocycles. The second-order valence-electron chi connectivity index (χ2n) is 8.37. The van der Waals surface area contributed by atoms with Crippen LogP contribution in [0.1, 0.15) is 23.1 Å². The van der Waals surface area contributed by atoms with Crippen molar-refractivity contribution >= 4 is 11.6 Å². The molecule has 1 fully saturated rings. The summed E-state index contributed by atoms with van der Waals surface area (Å²) >= 11 is 0. The molecule has 2 aromatic carbocycles. The minimum atomic E-state index is -4.37. The molecule has 0 aliphatic carbocycles. The van der Waals surface area contributed by atoms with E-state index >= 15 is 0 Å². The number of anilines is 1. The summed E-state index contributed by atoms with van der Waals surface area (Å²) in [6, 6.07) is 15.9. The van der Waals surface area contributed by atoms with E-state index < -0.39 is 17.8 Å². The number of amides is 1. The van der Waals surface area contributed by atoms with E-state index in [2.05, 4.69) is 4.98 Å². The molecule has 5 rings (SSSR count). The molecule has 5 nitrogen and oxygen atoms in total. The van der Waals surface area contributed by atoms with Crippen LogP contribution < -0.4 is 9.64 Å². The number of carbonyl (C=O) groups is 1. The van der Waals surface area contributed by atoms with E-state index in [1.807, 2.05) is 41.3 Å². The lowest BCUT2D eigenvalue weighted by atomic mass is 10.1. The molecule has 2 aliphatic heterocycles. The van der Waals surface area contributed by atoms with Crippen LogP contribution in [0.2, 0.25) is 0 Å². The first-order valence-electron chi connectivity index (χ1n) is 10.7. The van der Waals surface area contributed by atoms with E-state index in [1.165, 1.54) is 12.1 Å². The Balaban J connectivity index is 1.43. The quantitative estimate of drug-likeness (QED) is 0.576. The molecule has 33 heavy (non-hydrogen) atoms. The number of hydrogen-bond acceptors (Lipinski definition) is 4. The van der Waals surface area contributed by atoms with Gasteiger partial charge in [-0.15, -0.1) is 0 Å². The second-order valence-corrected chi connectivity index (χ2v) is 8.37. The first kappa shape index (κ1) is 21.5. The zero-order chi connectivity index (χ0) is 23.0. The zero-order valence-corrected chi connectivity index (χ0v) is 17.7. The summed E-state index contributed by atoms with van der Waals surface area (Å²) in [6.07, 6.45) is -0.607. The van der Waals surface area contributed by atoms with Gasteiger partial charge in [-0.25, -0.2) is 0 Å². The third kappa shape index (κ3) is 4.43. The van der Waals surface area contributed by atoms with Crippen molar-refractivity contribution in [1.29, 1.82) is 0 Å². The second kappa shape index (κ2) is 8.51. The van der Waals surface area contributed by atoms with Crippen LogP contribution in [0.25, 0.3) is 0 Å². The van der Waals surface area contributed by atoms with Crippen LogP contribution >= 0.6 is 0 Å². The fraction of sp³-hybridized carbons (Fsp3) is 0.280. The fourth-order valence-electron chi connectivity index (χ4n) is 4.51. The Bertz CT molecular complexity index is 1140. The Morgan fingerprint density at radius 1 is 0.970 bits per heavy atom. The van der Waals surface area contributed by atoms with Gasteiger partial charge in [0, 0.05) is 31.9 Å². The van der Waals surface area contributed by atoms with E-state index in [9.17, 15) is 18.0 Å². The van der Waals surface area contributed by atoms with Crippen molar-refractivity contribution in [2.75, 3.05) is 11.4 Å². The maximum Gasteiger partial charge on any atom is 0.416 e. The molecule has 170 valence electrons. The third-order valence-corrected chi connectivity index (χ3v) is 6.10. The lowest BCUT2D eigenvalue weighted by Crippen LogP contribution is -2.45. The zero-order valence-electron chi connectivity index (χ0n) is 17.7. The lowest BCUT2D eigenvalue weighted by Gasteiger charge is -2.32. The van der Waals surface area contributed by atoms with E-state index in [0.717, 1.165) is 23.3 Å². The highest BCUT2D eigenvalue weighted by Gasteiger charge is 2.43. The minimum absolute atomic E-state index is 0.0518. The fourth-order valence-corrected chi connectivity index (χ4v) is 4.51. The number of carbonyl (C=O) groups excluding carboxylic acids is 1. The SMILES string of the molecule is O=C1C2CC(CN2Cc2ccc(C(F)(F)F)cc2)Oc2ccccc2N1Cc1cccnc1. The first-order valence-corrected chi connectivity index (χ1v) is 10.7. The van der Waals surface area contributed by atoms with Gasteiger partial charge >= 0.3 is 6.18 Å². The predicted octanol–water partition coefficient (Wildman–Crippen LogP) is 4.67. The van der Waals surface area contributed by atoms with Gasteiger partial charge in [0.15, 0.2) is 0 Å². The normalized spacial score (nSPS) is 20.7. The van der Waals surface area contributed by atoms with Gasteiger partial charge in [0.2, 0.25) is 5.91 Å². The summed E-state index contributed by atoms with van der Waals surface area (Å²) in [5.41, 5.74) is 1.64. The van der Waals surface area contributed by atoms with Crippen LogP contribution in [0.5, 0.6) is 5.75 Å². The Kier molecular flexibility index (Phi) is 5.54. The molecule has 0 N–H and O–H groups in total. The summed E-state index contributed by atoms with van der Waals surface area (Å²) in [5.74, 6) is 0.596. The largest absolute Gasteiger partial charge is 0.487 e. The molecular formula is C25H22F3N3O2. The maximum atomic E-state index is 13.8. The number of aromatic nitrogens is 1. The lowest BCUT2D eigenvalue weighted by molar-refractivity contribution is -0.137. The summed E-state index contributed by atoms with van der Waals surface area (Å²) in [7, 11) is 0. The van der Waals surface area contributed by atoms with Gasteiger partial charge in [-0.3, -0.25) is 14.7 Å². The van der Waals surface area contributed by atoms with Crippen LogP contribution in [0.15, 0.2) is 73.1 Å². The van der Waals surface area contributed by atoms with Gasteiger partial charge < -0.3 is 9.64 Å². The van der Waals surface area contributed by atoms with Crippen molar-refractivity contribution in [1.82, 2.24) is 9.88 Å². The monoisotopic (exact) mass is 453 g/mol. The molecule has 2 atom stereocenters. The van der Waals surface area contributed by atoms with Crippen molar-refractivity contribution in [3.63, 3.8) is 0 Å². The van der Waals surface area contributed by atoms with Crippen LogP contribution in [-0.2, 0) is 24.1 Å². The molecule has 2 aliphatic rings. The van der Waals surface area contributed by atoms with Crippen LogP contribution in [0.4, 0.5) is 18.9 Å². The molecule has 1 aromatic heterocycles. The Hall–Kier alpha value is -3.39. The molecule has 1 amide bonds. The molecule has 2 bridgehead atoms. The minimum Gasteiger partial charge on any atom is -0.487 e. The van der Waals surface area contributed by atoms with Gasteiger partial charge in [-0.1, -0.05) is 30.3 Å². The maximum absolute atomic E-state index is 13.8. The summed E-state index contributed by atoms with van der Waals surface area (Å²) < 4.78 is 45.0. The molecule has 0 radical (unpaired) electrons. The summed E-state index contributed by atoms with van der Waals surface area (Å²) in [6.45, 7) is 1.24. The topological polar surface area (TPSA) is 45.7 Å². The summed E-state index contributed by atoms with van der Waals surface area (Å²) in [5, 5.41) is 0. The molecule has 8 heteroatoms. The number of hydrogen-bond donors (Lipinski definition) is 0. The van der Waals surface area contributed by atoms with Gasteiger partial charge in [-0.2, -0.15) is 13.2 Å². The molecular weight excluding hydrogens is 431 g/mol. The van der Waals surface area contributed by atoms with Gasteiger partial charge in [-0.05, 0) is 41.5 Å². The number of nitrogens with zero attached hydrogens (tertiary/aromatic N) is 3. The number of alkyl halides is 3. The highest BCUT2D eigenvalue weighted by molar-refractivity contribution is 5.99. The van der Waals surface area contributed by atoms with Crippen LogP contribution in [-0.4, -0.2) is 34.5 Å². The number of halogens is 3. The molecule has 0 spiro atoms. The average molecular weight is 453 g/mol. The summed E-state index contributed by atoms with van der Waals surface area (Å²) in [4.78, 5) is 21.6.